The number of hydrogen-bond donors (Lipinski definition) is 1. The molecular formula is C22H21N3O6. The van der Waals surface area contributed by atoms with E-state index in [4.69, 9.17) is 9.47 Å². The Morgan fingerprint density at radius 3 is 2.42 bits per heavy atom. The van der Waals surface area contributed by atoms with Crippen molar-refractivity contribution in [3.05, 3.63) is 69.4 Å². The molecule has 3 rings (SSSR count). The maximum absolute atomic E-state index is 12.6. The van der Waals surface area contributed by atoms with Crippen LogP contribution in [0, 0.1) is 17.0 Å². The van der Waals surface area contributed by atoms with Crippen LogP contribution in [0.2, 0.25) is 0 Å². The van der Waals surface area contributed by atoms with E-state index in [1.54, 1.807) is 45.0 Å². The number of anilines is 2. The second kappa shape index (κ2) is 9.21. The lowest BCUT2D eigenvalue weighted by atomic mass is 10.0. The summed E-state index contributed by atoms with van der Waals surface area (Å²) in [6.45, 7) is 5.52. The van der Waals surface area contributed by atoms with E-state index in [0.29, 0.717) is 33.4 Å². The minimum atomic E-state index is -0.583. The minimum absolute atomic E-state index is 0.0437. The Kier molecular flexibility index (Phi) is 6.44. The van der Waals surface area contributed by atoms with Gasteiger partial charge in [-0.25, -0.2) is 9.59 Å². The van der Waals surface area contributed by atoms with Crippen molar-refractivity contribution >= 4 is 39.9 Å². The Morgan fingerprint density at radius 2 is 1.77 bits per heavy atom. The molecule has 31 heavy (non-hydrogen) atoms. The predicted octanol–water partition coefficient (Wildman–Crippen LogP) is 4.55. The Labute approximate surface area is 178 Å². The van der Waals surface area contributed by atoms with Crippen LogP contribution in [0.25, 0.3) is 10.9 Å². The number of nitrogens with zero attached hydrogens (tertiary/aromatic N) is 2. The molecule has 9 heteroatoms. The largest absolute Gasteiger partial charge is 0.462 e. The number of esters is 2. The molecule has 0 radical (unpaired) electrons. The number of nitro groups is 1. The van der Waals surface area contributed by atoms with Gasteiger partial charge in [-0.05, 0) is 50.6 Å². The molecule has 0 aliphatic rings. The summed E-state index contributed by atoms with van der Waals surface area (Å²) in [6, 6.07) is 9.20. The lowest BCUT2D eigenvalue weighted by molar-refractivity contribution is -0.384. The van der Waals surface area contributed by atoms with Crippen LogP contribution in [0.5, 0.6) is 0 Å². The molecule has 0 spiro atoms. The monoisotopic (exact) mass is 423 g/mol. The normalized spacial score (nSPS) is 10.5. The number of rotatable bonds is 7. The average molecular weight is 423 g/mol. The zero-order valence-corrected chi connectivity index (χ0v) is 17.3. The van der Waals surface area contributed by atoms with Gasteiger partial charge in [0.2, 0.25) is 0 Å². The highest BCUT2D eigenvalue weighted by Gasteiger charge is 2.20. The number of carbonyl (C=O) groups excluding carboxylic acids is 2. The highest BCUT2D eigenvalue weighted by molar-refractivity contribution is 6.07. The van der Waals surface area contributed by atoms with Crippen molar-refractivity contribution < 1.29 is 24.0 Å². The molecule has 0 unspecified atom stereocenters. The molecule has 0 saturated carbocycles. The van der Waals surface area contributed by atoms with Crippen LogP contribution in [0.3, 0.4) is 0 Å². The number of pyridine rings is 1. The van der Waals surface area contributed by atoms with Crippen LogP contribution >= 0.6 is 0 Å². The van der Waals surface area contributed by atoms with Crippen molar-refractivity contribution in [1.82, 2.24) is 4.98 Å². The first-order valence-electron chi connectivity index (χ1n) is 9.64. The molecule has 0 aliphatic carbocycles. The van der Waals surface area contributed by atoms with Crippen molar-refractivity contribution in [3.63, 3.8) is 0 Å². The Hall–Kier alpha value is -4.01. The number of carbonyl (C=O) groups is 2. The van der Waals surface area contributed by atoms with Crippen molar-refractivity contribution in [1.29, 1.82) is 0 Å². The van der Waals surface area contributed by atoms with Gasteiger partial charge in [0.25, 0.3) is 5.69 Å². The molecule has 1 aromatic heterocycles. The maximum atomic E-state index is 12.6. The third-order valence-electron chi connectivity index (χ3n) is 4.55. The van der Waals surface area contributed by atoms with E-state index >= 15 is 0 Å². The third-order valence-corrected chi connectivity index (χ3v) is 4.55. The second-order valence-corrected chi connectivity index (χ2v) is 6.60. The zero-order chi connectivity index (χ0) is 22.5. The fourth-order valence-corrected chi connectivity index (χ4v) is 3.07. The van der Waals surface area contributed by atoms with Gasteiger partial charge in [-0.1, -0.05) is 0 Å². The number of non-ortho nitro benzene ring substituents is 1. The lowest BCUT2D eigenvalue weighted by Gasteiger charge is -2.16. The molecule has 9 nitrogen and oxygen atoms in total. The van der Waals surface area contributed by atoms with Gasteiger partial charge in [0, 0.05) is 29.4 Å². The van der Waals surface area contributed by atoms with Crippen molar-refractivity contribution in [3.8, 4) is 0 Å². The van der Waals surface area contributed by atoms with Crippen molar-refractivity contribution in [2.24, 2.45) is 0 Å². The van der Waals surface area contributed by atoms with Gasteiger partial charge in [0.1, 0.15) is 5.56 Å². The predicted molar refractivity (Wildman–Crippen MR) is 115 cm³/mol. The molecule has 0 atom stereocenters. The first-order chi connectivity index (χ1) is 14.8. The van der Waals surface area contributed by atoms with Gasteiger partial charge in [0.15, 0.2) is 0 Å². The highest BCUT2D eigenvalue weighted by atomic mass is 16.6. The number of aromatic nitrogens is 1. The van der Waals surface area contributed by atoms with Crippen LogP contribution in [-0.2, 0) is 9.47 Å². The van der Waals surface area contributed by atoms with E-state index in [0.717, 1.165) is 0 Å². The summed E-state index contributed by atoms with van der Waals surface area (Å²) >= 11 is 0. The number of hydrogen-bond acceptors (Lipinski definition) is 8. The van der Waals surface area contributed by atoms with Crippen LogP contribution in [0.4, 0.5) is 17.1 Å². The van der Waals surface area contributed by atoms with Gasteiger partial charge in [-0.15, -0.1) is 0 Å². The van der Waals surface area contributed by atoms with E-state index in [1.165, 1.54) is 18.3 Å². The Morgan fingerprint density at radius 1 is 1.06 bits per heavy atom. The zero-order valence-electron chi connectivity index (χ0n) is 17.3. The fourth-order valence-electron chi connectivity index (χ4n) is 3.07. The topological polar surface area (TPSA) is 121 Å². The number of nitro benzene ring substituents is 1. The average Bonchev–Trinajstić information content (AvgIpc) is 2.75. The summed E-state index contributed by atoms with van der Waals surface area (Å²) in [5.41, 5.74) is 2.53. The molecular weight excluding hydrogens is 402 g/mol. The summed E-state index contributed by atoms with van der Waals surface area (Å²) in [5.74, 6) is -1.08. The number of aryl methyl sites for hydroxylation is 1. The van der Waals surface area contributed by atoms with Crippen molar-refractivity contribution in [2.45, 2.75) is 20.8 Å². The number of fused-ring (bicyclic) bond motifs is 1. The van der Waals surface area contributed by atoms with Crippen molar-refractivity contribution in [2.75, 3.05) is 18.5 Å². The molecule has 160 valence electrons. The summed E-state index contributed by atoms with van der Waals surface area (Å²) in [5, 5.41) is 14.7. The lowest BCUT2D eigenvalue weighted by Crippen LogP contribution is -2.10. The van der Waals surface area contributed by atoms with E-state index in [-0.39, 0.29) is 24.5 Å². The standard InChI is InChI=1S/C22H21N3O6/c1-4-30-21(26)14-6-8-19-16(11-14)20(17(12-23-19)22(27)31-5-2)24-18-9-7-15(25(28)29)10-13(18)3/h6-12H,4-5H2,1-3H3,(H,23,24). The van der Waals surface area contributed by atoms with Gasteiger partial charge < -0.3 is 14.8 Å². The first-order valence-corrected chi connectivity index (χ1v) is 9.64. The second-order valence-electron chi connectivity index (χ2n) is 6.60. The maximum Gasteiger partial charge on any atom is 0.341 e. The van der Waals surface area contributed by atoms with Gasteiger partial charge in [0.05, 0.1) is 34.9 Å². The van der Waals surface area contributed by atoms with Crippen LogP contribution < -0.4 is 5.32 Å². The SMILES string of the molecule is CCOC(=O)c1ccc2ncc(C(=O)OCC)c(Nc3ccc([N+](=O)[O-])cc3C)c2c1. The van der Waals surface area contributed by atoms with Crippen LogP contribution in [0.15, 0.2) is 42.6 Å². The molecule has 0 saturated heterocycles. The van der Waals surface area contributed by atoms with E-state index in [9.17, 15) is 19.7 Å². The van der Waals surface area contributed by atoms with E-state index < -0.39 is 16.9 Å². The summed E-state index contributed by atoms with van der Waals surface area (Å²) in [6.07, 6.45) is 1.40. The molecule has 1 N–H and O–H groups in total. The number of ether oxygens (including phenoxy) is 2. The smallest absolute Gasteiger partial charge is 0.341 e. The Balaban J connectivity index is 2.18. The molecule has 0 fully saturated rings. The first kappa shape index (κ1) is 21.7. The summed E-state index contributed by atoms with van der Waals surface area (Å²) in [7, 11) is 0. The van der Waals surface area contributed by atoms with Gasteiger partial charge in [-0.2, -0.15) is 0 Å². The number of benzene rings is 2. The molecule has 0 aliphatic heterocycles. The molecule has 1 heterocycles. The fraction of sp³-hybridized carbons (Fsp3) is 0.227. The van der Waals surface area contributed by atoms with Gasteiger partial charge >= 0.3 is 11.9 Å². The molecule has 0 bridgehead atoms. The molecule has 3 aromatic rings. The van der Waals surface area contributed by atoms with Crippen LogP contribution in [0.1, 0.15) is 40.1 Å². The summed E-state index contributed by atoms with van der Waals surface area (Å²) < 4.78 is 10.2. The summed E-state index contributed by atoms with van der Waals surface area (Å²) in [4.78, 5) is 39.7. The van der Waals surface area contributed by atoms with Crippen LogP contribution in [-0.4, -0.2) is 35.1 Å². The quantitative estimate of drug-likeness (QED) is 0.334. The van der Waals surface area contributed by atoms with E-state index in [1.807, 2.05) is 0 Å². The highest BCUT2D eigenvalue weighted by Crippen LogP contribution is 2.32. The Bertz CT molecular complexity index is 1170. The third kappa shape index (κ3) is 4.61. The van der Waals surface area contributed by atoms with Gasteiger partial charge in [-0.3, -0.25) is 15.1 Å². The minimum Gasteiger partial charge on any atom is -0.462 e. The number of nitrogens with one attached hydrogen (secondary N) is 1. The molecule has 0 amide bonds. The van der Waals surface area contributed by atoms with E-state index in [2.05, 4.69) is 10.3 Å². The molecule has 2 aromatic carbocycles.